The third kappa shape index (κ3) is 4.05. The lowest BCUT2D eigenvalue weighted by Crippen LogP contribution is -2.48. The van der Waals surface area contributed by atoms with E-state index in [-0.39, 0.29) is 17.5 Å². The summed E-state index contributed by atoms with van der Waals surface area (Å²) in [4.78, 5) is 31.3. The van der Waals surface area contributed by atoms with Crippen LogP contribution in [0.2, 0.25) is 0 Å². The molecule has 1 atom stereocenters. The van der Waals surface area contributed by atoms with Crippen LogP contribution in [0, 0.1) is 6.92 Å². The smallest absolute Gasteiger partial charge is 0.337 e. The van der Waals surface area contributed by atoms with Gasteiger partial charge in [-0.3, -0.25) is 9.20 Å². The van der Waals surface area contributed by atoms with Crippen LogP contribution in [-0.2, 0) is 0 Å². The first-order chi connectivity index (χ1) is 15.0. The lowest BCUT2D eigenvalue weighted by molar-refractivity contribution is 0.0696. The zero-order valence-corrected chi connectivity index (χ0v) is 17.7. The highest BCUT2D eigenvalue weighted by molar-refractivity contribution is 5.96. The molecule has 4 rings (SSSR count). The molecule has 3 heterocycles. The molecule has 3 aromatic rings. The minimum absolute atomic E-state index is 0.0943. The maximum atomic E-state index is 13.2. The van der Waals surface area contributed by atoms with Gasteiger partial charge in [-0.2, -0.15) is 0 Å². The van der Waals surface area contributed by atoms with Crippen molar-refractivity contribution in [2.45, 2.75) is 32.7 Å². The van der Waals surface area contributed by atoms with Crippen LogP contribution < -0.4 is 15.0 Å². The van der Waals surface area contributed by atoms with Crippen molar-refractivity contribution in [3.05, 3.63) is 59.5 Å². The molecule has 0 aliphatic carbocycles. The van der Waals surface area contributed by atoms with Gasteiger partial charge in [-0.05, 0) is 51.0 Å². The highest BCUT2D eigenvalue weighted by atomic mass is 16.5. The van der Waals surface area contributed by atoms with Crippen LogP contribution in [0.1, 0.15) is 46.3 Å². The molecule has 0 radical (unpaired) electrons. The second kappa shape index (κ2) is 8.67. The normalized spacial score (nSPS) is 16.3. The van der Waals surface area contributed by atoms with E-state index in [1.807, 2.05) is 49.2 Å². The monoisotopic (exact) mass is 422 g/mol. The minimum Gasteiger partial charge on any atom is -0.490 e. The molecule has 1 aliphatic rings. The number of benzene rings is 1. The van der Waals surface area contributed by atoms with Crippen LogP contribution in [0.5, 0.6) is 5.75 Å². The summed E-state index contributed by atoms with van der Waals surface area (Å²) in [5, 5.41) is 12.6. The standard InChI is InChI=1S/C23H26N4O4/c1-3-31-19-11-7-13-27-20(15(2)24-21(19)27)22(28)25-16-8-6-12-26(14-16)18-10-5-4-9-17(18)23(29)30/h4-5,7,9-11,13,16H,3,6,8,12,14H2,1-2H3,(H,25,28)(H,29,30)/t16-/m0/s1. The van der Waals surface area contributed by atoms with Gasteiger partial charge in [0.25, 0.3) is 5.91 Å². The van der Waals surface area contributed by atoms with Gasteiger partial charge in [-0.15, -0.1) is 0 Å². The van der Waals surface area contributed by atoms with Crippen molar-refractivity contribution in [3.63, 3.8) is 0 Å². The number of aryl methyl sites for hydroxylation is 1. The molecular formula is C23H26N4O4. The van der Waals surface area contributed by atoms with Gasteiger partial charge in [0.15, 0.2) is 11.4 Å². The Hall–Kier alpha value is -3.55. The Kier molecular flexibility index (Phi) is 5.79. The van der Waals surface area contributed by atoms with Crippen LogP contribution in [0.3, 0.4) is 0 Å². The second-order valence-corrected chi connectivity index (χ2v) is 7.63. The Labute approximate surface area is 180 Å². The number of hydrogen-bond donors (Lipinski definition) is 2. The van der Waals surface area contributed by atoms with Crippen molar-refractivity contribution < 1.29 is 19.4 Å². The van der Waals surface area contributed by atoms with Gasteiger partial charge >= 0.3 is 5.97 Å². The fourth-order valence-electron chi connectivity index (χ4n) is 4.20. The van der Waals surface area contributed by atoms with E-state index in [0.29, 0.717) is 41.6 Å². The topological polar surface area (TPSA) is 96.2 Å². The lowest BCUT2D eigenvalue weighted by Gasteiger charge is -2.35. The number of rotatable bonds is 6. The van der Waals surface area contributed by atoms with Crippen molar-refractivity contribution in [1.29, 1.82) is 0 Å². The van der Waals surface area contributed by atoms with Crippen molar-refractivity contribution in [2.75, 3.05) is 24.6 Å². The molecule has 162 valence electrons. The molecule has 1 aromatic carbocycles. The number of fused-ring (bicyclic) bond motifs is 1. The molecule has 1 fully saturated rings. The lowest BCUT2D eigenvalue weighted by atomic mass is 10.0. The summed E-state index contributed by atoms with van der Waals surface area (Å²) in [6.45, 7) is 5.54. The van der Waals surface area contributed by atoms with Crippen LogP contribution >= 0.6 is 0 Å². The Bertz CT molecular complexity index is 1120. The molecule has 0 spiro atoms. The number of ether oxygens (including phenoxy) is 1. The van der Waals surface area contributed by atoms with Crippen molar-refractivity contribution >= 4 is 23.2 Å². The molecule has 1 aliphatic heterocycles. The first-order valence-electron chi connectivity index (χ1n) is 10.5. The molecule has 0 bridgehead atoms. The number of carboxylic acid groups (broad SMARTS) is 1. The molecule has 2 N–H and O–H groups in total. The SMILES string of the molecule is CCOc1cccn2c(C(=O)N[C@H]3CCCN(c4ccccc4C(=O)O)C3)c(C)nc12. The van der Waals surface area contributed by atoms with E-state index < -0.39 is 5.97 Å². The Morgan fingerprint density at radius 2 is 2.06 bits per heavy atom. The molecule has 8 nitrogen and oxygen atoms in total. The number of piperidine rings is 1. The number of carboxylic acids is 1. The predicted octanol–water partition coefficient (Wildman–Crippen LogP) is 3.14. The fraction of sp³-hybridized carbons (Fsp3) is 0.348. The zero-order valence-electron chi connectivity index (χ0n) is 17.7. The average molecular weight is 422 g/mol. The van der Waals surface area contributed by atoms with Crippen LogP contribution in [0.25, 0.3) is 5.65 Å². The molecule has 8 heteroatoms. The van der Waals surface area contributed by atoms with E-state index in [1.165, 1.54) is 0 Å². The number of anilines is 1. The summed E-state index contributed by atoms with van der Waals surface area (Å²) in [6.07, 6.45) is 3.50. The van der Waals surface area contributed by atoms with Gasteiger partial charge in [0, 0.05) is 25.3 Å². The van der Waals surface area contributed by atoms with Gasteiger partial charge < -0.3 is 20.1 Å². The first-order valence-corrected chi connectivity index (χ1v) is 10.5. The summed E-state index contributed by atoms with van der Waals surface area (Å²) in [7, 11) is 0. The number of para-hydroxylation sites is 1. The van der Waals surface area contributed by atoms with Gasteiger partial charge in [0.1, 0.15) is 5.69 Å². The number of amides is 1. The number of nitrogens with zero attached hydrogens (tertiary/aromatic N) is 3. The van der Waals surface area contributed by atoms with E-state index in [9.17, 15) is 14.7 Å². The minimum atomic E-state index is -0.951. The first kappa shape index (κ1) is 20.7. The largest absolute Gasteiger partial charge is 0.490 e. The van der Waals surface area contributed by atoms with E-state index in [2.05, 4.69) is 10.3 Å². The Balaban J connectivity index is 1.55. The number of hydrogen-bond acceptors (Lipinski definition) is 5. The molecule has 1 amide bonds. The summed E-state index contributed by atoms with van der Waals surface area (Å²) in [5.41, 5.74) is 2.69. The van der Waals surface area contributed by atoms with E-state index in [4.69, 9.17) is 4.74 Å². The van der Waals surface area contributed by atoms with Crippen molar-refractivity contribution in [1.82, 2.24) is 14.7 Å². The number of aromatic nitrogens is 2. The Morgan fingerprint density at radius 3 is 2.84 bits per heavy atom. The van der Waals surface area contributed by atoms with Gasteiger partial charge in [0.05, 0.1) is 23.6 Å². The molecule has 2 aromatic heterocycles. The molecule has 31 heavy (non-hydrogen) atoms. The quantitative estimate of drug-likeness (QED) is 0.634. The number of carbonyl (C=O) groups is 2. The number of aromatic carboxylic acids is 1. The third-order valence-electron chi connectivity index (χ3n) is 5.54. The van der Waals surface area contributed by atoms with Gasteiger partial charge in [-0.1, -0.05) is 12.1 Å². The summed E-state index contributed by atoms with van der Waals surface area (Å²) in [5.74, 6) is -0.508. The predicted molar refractivity (Wildman–Crippen MR) is 117 cm³/mol. The molecule has 1 saturated heterocycles. The van der Waals surface area contributed by atoms with E-state index >= 15 is 0 Å². The van der Waals surface area contributed by atoms with E-state index in [1.54, 1.807) is 16.5 Å². The van der Waals surface area contributed by atoms with Crippen LogP contribution in [0.15, 0.2) is 42.6 Å². The Morgan fingerprint density at radius 1 is 1.26 bits per heavy atom. The molecule has 0 unspecified atom stereocenters. The third-order valence-corrected chi connectivity index (χ3v) is 5.54. The average Bonchev–Trinajstić information content (AvgIpc) is 3.11. The highest BCUT2D eigenvalue weighted by Crippen LogP contribution is 2.25. The number of carbonyl (C=O) groups excluding carboxylic acids is 1. The van der Waals surface area contributed by atoms with Gasteiger partial charge in [0.2, 0.25) is 0 Å². The number of nitrogens with one attached hydrogen (secondary N) is 1. The highest BCUT2D eigenvalue weighted by Gasteiger charge is 2.26. The van der Waals surface area contributed by atoms with E-state index in [0.717, 1.165) is 19.4 Å². The van der Waals surface area contributed by atoms with Crippen LogP contribution in [-0.4, -0.2) is 52.1 Å². The summed E-state index contributed by atoms with van der Waals surface area (Å²) >= 11 is 0. The zero-order chi connectivity index (χ0) is 22.0. The number of imidazole rings is 1. The van der Waals surface area contributed by atoms with Crippen LogP contribution in [0.4, 0.5) is 5.69 Å². The number of pyridine rings is 1. The summed E-state index contributed by atoms with van der Waals surface area (Å²) in [6, 6.07) is 10.6. The maximum absolute atomic E-state index is 13.2. The van der Waals surface area contributed by atoms with Crippen molar-refractivity contribution in [2.24, 2.45) is 0 Å². The summed E-state index contributed by atoms with van der Waals surface area (Å²) < 4.78 is 7.40. The van der Waals surface area contributed by atoms with Crippen molar-refractivity contribution in [3.8, 4) is 5.75 Å². The van der Waals surface area contributed by atoms with Gasteiger partial charge in [-0.25, -0.2) is 9.78 Å². The second-order valence-electron chi connectivity index (χ2n) is 7.63. The fourth-order valence-corrected chi connectivity index (χ4v) is 4.20. The maximum Gasteiger partial charge on any atom is 0.337 e. The molecular weight excluding hydrogens is 396 g/mol. The molecule has 0 saturated carbocycles.